The molecular weight excluding hydrogens is 294 g/mol. The quantitative estimate of drug-likeness (QED) is 0.804. The van der Waals surface area contributed by atoms with Crippen molar-refractivity contribution in [2.45, 2.75) is 6.92 Å². The van der Waals surface area contributed by atoms with E-state index in [0.29, 0.717) is 17.0 Å². The number of hydrogen-bond donors (Lipinski definition) is 2. The normalized spacial score (nSPS) is 10.5. The molecular formula is C18H17NO4. The third-order valence-corrected chi connectivity index (χ3v) is 3.04. The first-order valence-corrected chi connectivity index (χ1v) is 7.04. The van der Waals surface area contributed by atoms with E-state index in [1.807, 2.05) is 25.1 Å². The van der Waals surface area contributed by atoms with Crippen LogP contribution in [0.2, 0.25) is 0 Å². The van der Waals surface area contributed by atoms with Crippen LogP contribution in [-0.2, 0) is 9.59 Å². The number of hydrogen-bond acceptors (Lipinski definition) is 3. The molecule has 0 saturated heterocycles. The zero-order valence-corrected chi connectivity index (χ0v) is 12.7. The molecule has 0 aliphatic rings. The van der Waals surface area contributed by atoms with Crippen molar-refractivity contribution in [3.05, 3.63) is 65.7 Å². The van der Waals surface area contributed by atoms with E-state index in [-0.39, 0.29) is 12.5 Å². The second kappa shape index (κ2) is 7.79. The lowest BCUT2D eigenvalue weighted by molar-refractivity contribution is -0.131. The van der Waals surface area contributed by atoms with E-state index >= 15 is 0 Å². The molecule has 0 radical (unpaired) electrons. The summed E-state index contributed by atoms with van der Waals surface area (Å²) in [5.74, 6) is -0.639. The first kappa shape index (κ1) is 16.3. The SMILES string of the molecule is Cc1ccccc1OCC(=O)Nc1cccc(/C=C/C(=O)O)c1. The van der Waals surface area contributed by atoms with Gasteiger partial charge in [-0.25, -0.2) is 4.79 Å². The lowest BCUT2D eigenvalue weighted by atomic mass is 10.2. The van der Waals surface area contributed by atoms with Crippen molar-refractivity contribution < 1.29 is 19.4 Å². The lowest BCUT2D eigenvalue weighted by Gasteiger charge is -2.09. The highest BCUT2D eigenvalue weighted by molar-refractivity contribution is 5.92. The lowest BCUT2D eigenvalue weighted by Crippen LogP contribution is -2.20. The maximum atomic E-state index is 11.9. The Morgan fingerprint density at radius 1 is 1.17 bits per heavy atom. The third-order valence-electron chi connectivity index (χ3n) is 3.04. The number of benzene rings is 2. The van der Waals surface area contributed by atoms with E-state index in [1.54, 1.807) is 30.3 Å². The van der Waals surface area contributed by atoms with E-state index in [0.717, 1.165) is 11.6 Å². The molecule has 0 atom stereocenters. The highest BCUT2D eigenvalue weighted by atomic mass is 16.5. The van der Waals surface area contributed by atoms with Gasteiger partial charge in [0, 0.05) is 11.8 Å². The van der Waals surface area contributed by atoms with Crippen LogP contribution in [0, 0.1) is 6.92 Å². The average Bonchev–Trinajstić information content (AvgIpc) is 2.52. The van der Waals surface area contributed by atoms with Gasteiger partial charge < -0.3 is 15.2 Å². The van der Waals surface area contributed by atoms with Gasteiger partial charge in [0.25, 0.3) is 5.91 Å². The van der Waals surface area contributed by atoms with Gasteiger partial charge in [0.05, 0.1) is 0 Å². The summed E-state index contributed by atoms with van der Waals surface area (Å²) in [6.07, 6.45) is 2.50. The molecule has 118 valence electrons. The highest BCUT2D eigenvalue weighted by Crippen LogP contribution is 2.16. The van der Waals surface area contributed by atoms with Crippen molar-refractivity contribution in [3.8, 4) is 5.75 Å². The molecule has 0 bridgehead atoms. The van der Waals surface area contributed by atoms with E-state index in [9.17, 15) is 9.59 Å². The second-order valence-corrected chi connectivity index (χ2v) is 4.90. The second-order valence-electron chi connectivity index (χ2n) is 4.90. The summed E-state index contributed by atoms with van der Waals surface area (Å²) in [5, 5.41) is 11.3. The fraction of sp³-hybridized carbons (Fsp3) is 0.111. The zero-order chi connectivity index (χ0) is 16.7. The molecule has 0 spiro atoms. The Morgan fingerprint density at radius 3 is 2.70 bits per heavy atom. The number of para-hydroxylation sites is 1. The summed E-state index contributed by atoms with van der Waals surface area (Å²) in [6.45, 7) is 1.81. The Bertz CT molecular complexity index is 737. The van der Waals surface area contributed by atoms with Crippen LogP contribution in [0.4, 0.5) is 5.69 Å². The molecule has 5 nitrogen and oxygen atoms in total. The molecule has 2 aromatic carbocycles. The highest BCUT2D eigenvalue weighted by Gasteiger charge is 2.05. The van der Waals surface area contributed by atoms with Crippen LogP contribution < -0.4 is 10.1 Å². The van der Waals surface area contributed by atoms with Gasteiger partial charge in [-0.15, -0.1) is 0 Å². The first-order valence-electron chi connectivity index (χ1n) is 7.04. The summed E-state index contributed by atoms with van der Waals surface area (Å²) in [7, 11) is 0. The molecule has 0 unspecified atom stereocenters. The van der Waals surface area contributed by atoms with Crippen LogP contribution in [0.1, 0.15) is 11.1 Å². The number of ether oxygens (including phenoxy) is 1. The number of aliphatic carboxylic acids is 1. The number of carboxylic acid groups (broad SMARTS) is 1. The van der Waals surface area contributed by atoms with Crippen LogP contribution in [0.5, 0.6) is 5.75 Å². The van der Waals surface area contributed by atoms with Crippen molar-refractivity contribution in [2.75, 3.05) is 11.9 Å². The van der Waals surface area contributed by atoms with Gasteiger partial charge in [0.2, 0.25) is 0 Å². The van der Waals surface area contributed by atoms with E-state index < -0.39 is 5.97 Å². The Balaban J connectivity index is 1.94. The number of carboxylic acids is 1. The Morgan fingerprint density at radius 2 is 1.96 bits per heavy atom. The van der Waals surface area contributed by atoms with Gasteiger partial charge in [-0.1, -0.05) is 30.3 Å². The standard InChI is InChI=1S/C18H17NO4/c1-13-5-2-3-8-16(13)23-12-17(20)19-15-7-4-6-14(11-15)9-10-18(21)22/h2-11H,12H2,1H3,(H,19,20)(H,21,22)/b10-9+. The summed E-state index contributed by atoms with van der Waals surface area (Å²) < 4.78 is 5.48. The average molecular weight is 311 g/mol. The predicted molar refractivity (Wildman–Crippen MR) is 88.4 cm³/mol. The van der Waals surface area contributed by atoms with E-state index in [2.05, 4.69) is 5.32 Å². The fourth-order valence-electron chi connectivity index (χ4n) is 1.95. The van der Waals surface area contributed by atoms with Crippen LogP contribution in [-0.4, -0.2) is 23.6 Å². The molecule has 1 amide bonds. The molecule has 0 saturated carbocycles. The van der Waals surface area contributed by atoms with Crippen LogP contribution >= 0.6 is 0 Å². The summed E-state index contributed by atoms with van der Waals surface area (Å²) in [4.78, 5) is 22.4. The maximum absolute atomic E-state index is 11.9. The molecule has 2 N–H and O–H groups in total. The van der Waals surface area contributed by atoms with Gasteiger partial charge in [0.15, 0.2) is 6.61 Å². The minimum Gasteiger partial charge on any atom is -0.483 e. The van der Waals surface area contributed by atoms with E-state index in [1.165, 1.54) is 6.08 Å². The van der Waals surface area contributed by atoms with E-state index in [4.69, 9.17) is 9.84 Å². The smallest absolute Gasteiger partial charge is 0.328 e. The number of anilines is 1. The van der Waals surface area contributed by atoms with Crippen molar-refractivity contribution in [1.82, 2.24) is 0 Å². The predicted octanol–water partition coefficient (Wildman–Crippen LogP) is 3.11. The topological polar surface area (TPSA) is 75.6 Å². The van der Waals surface area contributed by atoms with Gasteiger partial charge in [0.1, 0.15) is 5.75 Å². The third kappa shape index (κ3) is 5.32. The zero-order valence-electron chi connectivity index (χ0n) is 12.7. The fourth-order valence-corrected chi connectivity index (χ4v) is 1.95. The van der Waals surface area contributed by atoms with Crippen molar-refractivity contribution in [2.24, 2.45) is 0 Å². The largest absolute Gasteiger partial charge is 0.483 e. The molecule has 0 fully saturated rings. The number of nitrogens with one attached hydrogen (secondary N) is 1. The molecule has 0 aliphatic carbocycles. The minimum absolute atomic E-state index is 0.0972. The number of carbonyl (C=O) groups excluding carboxylic acids is 1. The van der Waals surface area contributed by atoms with Crippen molar-refractivity contribution >= 4 is 23.6 Å². The summed E-state index contributed by atoms with van der Waals surface area (Å²) >= 11 is 0. The van der Waals surface area contributed by atoms with Gasteiger partial charge in [-0.05, 0) is 42.3 Å². The maximum Gasteiger partial charge on any atom is 0.328 e. The Kier molecular flexibility index (Phi) is 5.52. The van der Waals surface area contributed by atoms with Gasteiger partial charge >= 0.3 is 5.97 Å². The molecule has 0 heterocycles. The van der Waals surface area contributed by atoms with Crippen LogP contribution in [0.15, 0.2) is 54.6 Å². The molecule has 23 heavy (non-hydrogen) atoms. The monoisotopic (exact) mass is 311 g/mol. The Labute approximate surface area is 134 Å². The van der Waals surface area contributed by atoms with Crippen LogP contribution in [0.3, 0.4) is 0 Å². The van der Waals surface area contributed by atoms with Crippen LogP contribution in [0.25, 0.3) is 6.08 Å². The summed E-state index contributed by atoms with van der Waals surface area (Å²) in [5.41, 5.74) is 2.22. The van der Waals surface area contributed by atoms with Gasteiger partial charge in [-0.2, -0.15) is 0 Å². The van der Waals surface area contributed by atoms with Crippen molar-refractivity contribution in [1.29, 1.82) is 0 Å². The summed E-state index contributed by atoms with van der Waals surface area (Å²) in [6, 6.07) is 14.4. The molecule has 2 rings (SSSR count). The molecule has 0 aromatic heterocycles. The molecule has 2 aromatic rings. The number of amides is 1. The minimum atomic E-state index is -1.02. The van der Waals surface area contributed by atoms with Crippen molar-refractivity contribution in [3.63, 3.8) is 0 Å². The number of rotatable bonds is 6. The molecule has 5 heteroatoms. The first-order chi connectivity index (χ1) is 11.0. The molecule has 0 aliphatic heterocycles. The Hall–Kier alpha value is -3.08. The van der Waals surface area contributed by atoms with Gasteiger partial charge in [-0.3, -0.25) is 4.79 Å². The number of carbonyl (C=O) groups is 2. The number of aryl methyl sites for hydroxylation is 1.